The molecule has 0 saturated carbocycles. The Hall–Kier alpha value is -2.02. The lowest BCUT2D eigenvalue weighted by Crippen LogP contribution is -2.22. The molecule has 4 nitrogen and oxygen atoms in total. The molecule has 2 aromatic carbocycles. The van der Waals surface area contributed by atoms with Gasteiger partial charge in [-0.05, 0) is 48.0 Å². The van der Waals surface area contributed by atoms with Gasteiger partial charge in [-0.25, -0.2) is 0 Å². The summed E-state index contributed by atoms with van der Waals surface area (Å²) in [4.78, 5) is 14.1. The Morgan fingerprint density at radius 1 is 1.04 bits per heavy atom. The van der Waals surface area contributed by atoms with Crippen LogP contribution in [0.3, 0.4) is 0 Å². The number of halogens is 1. The van der Waals surface area contributed by atoms with Crippen LogP contribution in [-0.4, -0.2) is 35.4 Å². The molecule has 3 rings (SSSR count). The molecule has 2 aromatic rings. The number of thiocarbonyl (C=S) groups is 1. The van der Waals surface area contributed by atoms with Crippen molar-refractivity contribution in [3.63, 3.8) is 0 Å². The van der Waals surface area contributed by atoms with Gasteiger partial charge in [0.25, 0.3) is 5.91 Å². The number of likely N-dealkylation sites (N-methyl/N-ethyl adjacent to an activating group) is 1. The first kappa shape index (κ1) is 19.7. The molecule has 0 bridgehead atoms. The largest absolute Gasteiger partial charge is 0.493 e. The number of carbonyl (C=O) groups is 1. The van der Waals surface area contributed by atoms with E-state index in [9.17, 15) is 4.79 Å². The third-order valence-corrected chi connectivity index (χ3v) is 5.54. The summed E-state index contributed by atoms with van der Waals surface area (Å²) in [6.45, 7) is 1.13. The SMILES string of the molecule is CN1C(=O)/C(=C\c2ccc(OCCCOc3ccc(Cl)cc3)cc2)SC1=S. The van der Waals surface area contributed by atoms with Crippen molar-refractivity contribution in [3.8, 4) is 11.5 Å². The predicted octanol–water partition coefficient (Wildman–Crippen LogP) is 5.02. The van der Waals surface area contributed by atoms with Crippen LogP contribution < -0.4 is 9.47 Å². The molecule has 0 aliphatic carbocycles. The van der Waals surface area contributed by atoms with E-state index in [0.717, 1.165) is 23.5 Å². The van der Waals surface area contributed by atoms with Crippen LogP contribution in [0.2, 0.25) is 5.02 Å². The van der Waals surface area contributed by atoms with Gasteiger partial charge in [0.2, 0.25) is 0 Å². The van der Waals surface area contributed by atoms with Crippen LogP contribution in [0.25, 0.3) is 6.08 Å². The number of nitrogens with zero attached hydrogens (tertiary/aromatic N) is 1. The summed E-state index contributed by atoms with van der Waals surface area (Å²) in [7, 11) is 1.69. The summed E-state index contributed by atoms with van der Waals surface area (Å²) in [5.74, 6) is 1.51. The van der Waals surface area contributed by atoms with E-state index in [1.54, 1.807) is 19.2 Å². The van der Waals surface area contributed by atoms with Gasteiger partial charge in [-0.3, -0.25) is 9.69 Å². The normalized spacial score (nSPS) is 15.5. The fourth-order valence-corrected chi connectivity index (χ4v) is 3.63. The number of hydrogen-bond acceptors (Lipinski definition) is 5. The second-order valence-corrected chi connectivity index (χ2v) is 7.93. The Kier molecular flexibility index (Phi) is 6.77. The minimum Gasteiger partial charge on any atom is -0.493 e. The Bertz CT molecular complexity index is 851. The fourth-order valence-electron chi connectivity index (χ4n) is 2.33. The van der Waals surface area contributed by atoms with Crippen molar-refractivity contribution in [3.05, 3.63) is 64.0 Å². The summed E-state index contributed by atoms with van der Waals surface area (Å²) >= 11 is 12.3. The van der Waals surface area contributed by atoms with Gasteiger partial charge in [-0.2, -0.15) is 0 Å². The lowest BCUT2D eigenvalue weighted by Gasteiger charge is -2.08. The zero-order valence-corrected chi connectivity index (χ0v) is 17.1. The maximum absolute atomic E-state index is 12.0. The third kappa shape index (κ3) is 5.48. The lowest BCUT2D eigenvalue weighted by atomic mass is 10.2. The molecular weight excluding hydrogens is 402 g/mol. The summed E-state index contributed by atoms with van der Waals surface area (Å²) in [6, 6.07) is 14.9. The lowest BCUT2D eigenvalue weighted by molar-refractivity contribution is -0.121. The van der Waals surface area contributed by atoms with Crippen molar-refractivity contribution in [1.82, 2.24) is 4.90 Å². The highest BCUT2D eigenvalue weighted by Crippen LogP contribution is 2.31. The van der Waals surface area contributed by atoms with Crippen molar-refractivity contribution in [2.24, 2.45) is 0 Å². The van der Waals surface area contributed by atoms with Crippen molar-refractivity contribution in [2.75, 3.05) is 20.3 Å². The van der Waals surface area contributed by atoms with Gasteiger partial charge in [0, 0.05) is 18.5 Å². The zero-order chi connectivity index (χ0) is 19.2. The topological polar surface area (TPSA) is 38.8 Å². The maximum atomic E-state index is 12.0. The fraction of sp³-hybridized carbons (Fsp3) is 0.200. The van der Waals surface area contributed by atoms with Crippen molar-refractivity contribution in [1.29, 1.82) is 0 Å². The van der Waals surface area contributed by atoms with Gasteiger partial charge in [-0.15, -0.1) is 0 Å². The van der Waals surface area contributed by atoms with E-state index in [2.05, 4.69) is 0 Å². The van der Waals surface area contributed by atoms with Gasteiger partial charge in [0.1, 0.15) is 15.8 Å². The summed E-state index contributed by atoms with van der Waals surface area (Å²) in [5.41, 5.74) is 0.933. The molecule has 0 atom stereocenters. The molecular formula is C20H18ClNO3S2. The number of hydrogen-bond donors (Lipinski definition) is 0. The molecule has 0 N–H and O–H groups in total. The molecule has 27 heavy (non-hydrogen) atoms. The molecule has 1 heterocycles. The Morgan fingerprint density at radius 3 is 2.11 bits per heavy atom. The van der Waals surface area contributed by atoms with E-state index in [1.807, 2.05) is 42.5 Å². The summed E-state index contributed by atoms with van der Waals surface area (Å²) in [5, 5.41) is 0.690. The van der Waals surface area contributed by atoms with Crippen LogP contribution in [0.4, 0.5) is 0 Å². The number of rotatable bonds is 7. The third-order valence-electron chi connectivity index (χ3n) is 3.80. The summed E-state index contributed by atoms with van der Waals surface area (Å²) < 4.78 is 11.9. The molecule has 1 fully saturated rings. The van der Waals surface area contributed by atoms with Gasteiger partial charge in [0.15, 0.2) is 0 Å². The minimum atomic E-state index is -0.0639. The highest BCUT2D eigenvalue weighted by Gasteiger charge is 2.28. The molecule has 140 valence electrons. The smallest absolute Gasteiger partial charge is 0.265 e. The summed E-state index contributed by atoms with van der Waals surface area (Å²) in [6.07, 6.45) is 2.61. The molecule has 0 aromatic heterocycles. The Morgan fingerprint density at radius 2 is 1.59 bits per heavy atom. The van der Waals surface area contributed by atoms with Crippen LogP contribution in [0, 0.1) is 0 Å². The second kappa shape index (κ2) is 9.26. The van der Waals surface area contributed by atoms with Gasteiger partial charge < -0.3 is 9.47 Å². The number of thioether (sulfide) groups is 1. The van der Waals surface area contributed by atoms with E-state index in [1.165, 1.54) is 16.7 Å². The number of ether oxygens (including phenoxy) is 2. The van der Waals surface area contributed by atoms with E-state index in [0.29, 0.717) is 27.5 Å². The molecule has 1 aliphatic rings. The first-order valence-corrected chi connectivity index (χ1v) is 9.96. The van der Waals surface area contributed by atoms with E-state index in [-0.39, 0.29) is 5.91 Å². The highest BCUT2D eigenvalue weighted by molar-refractivity contribution is 8.26. The first-order chi connectivity index (χ1) is 13.0. The van der Waals surface area contributed by atoms with Crippen LogP contribution in [-0.2, 0) is 4.79 Å². The monoisotopic (exact) mass is 419 g/mol. The van der Waals surface area contributed by atoms with E-state index in [4.69, 9.17) is 33.3 Å². The van der Waals surface area contributed by atoms with Crippen LogP contribution >= 0.6 is 35.6 Å². The Labute approximate surface area is 173 Å². The van der Waals surface area contributed by atoms with E-state index < -0.39 is 0 Å². The molecule has 7 heteroatoms. The standard InChI is InChI=1S/C20H18ClNO3S2/c1-22-19(23)18(27-20(22)26)13-14-3-7-16(8-4-14)24-11-2-12-25-17-9-5-15(21)6-10-17/h3-10,13H,2,11-12H2,1H3/b18-13+. The number of benzene rings is 2. The van der Waals surface area contributed by atoms with E-state index >= 15 is 0 Å². The highest BCUT2D eigenvalue weighted by atomic mass is 35.5. The molecule has 0 radical (unpaired) electrons. The first-order valence-electron chi connectivity index (χ1n) is 8.36. The molecule has 1 aliphatic heterocycles. The quantitative estimate of drug-likeness (QED) is 0.358. The number of amides is 1. The zero-order valence-electron chi connectivity index (χ0n) is 14.7. The average Bonchev–Trinajstić information content (AvgIpc) is 2.91. The van der Waals surface area contributed by atoms with Crippen LogP contribution in [0.5, 0.6) is 11.5 Å². The second-order valence-electron chi connectivity index (χ2n) is 5.81. The Balaban J connectivity index is 1.43. The van der Waals surface area contributed by atoms with Crippen LogP contribution in [0.15, 0.2) is 53.4 Å². The van der Waals surface area contributed by atoms with Crippen molar-refractivity contribution < 1.29 is 14.3 Å². The van der Waals surface area contributed by atoms with Crippen molar-refractivity contribution in [2.45, 2.75) is 6.42 Å². The van der Waals surface area contributed by atoms with Crippen LogP contribution in [0.1, 0.15) is 12.0 Å². The molecule has 1 amide bonds. The maximum Gasteiger partial charge on any atom is 0.265 e. The molecule has 0 unspecified atom stereocenters. The minimum absolute atomic E-state index is 0.0639. The predicted molar refractivity (Wildman–Crippen MR) is 114 cm³/mol. The average molecular weight is 420 g/mol. The van der Waals surface area contributed by atoms with Gasteiger partial charge >= 0.3 is 0 Å². The van der Waals surface area contributed by atoms with Gasteiger partial charge in [-0.1, -0.05) is 47.7 Å². The number of carbonyl (C=O) groups excluding carboxylic acids is 1. The molecule has 1 saturated heterocycles. The van der Waals surface area contributed by atoms with Crippen molar-refractivity contribution >= 4 is 51.9 Å². The van der Waals surface area contributed by atoms with Gasteiger partial charge in [0.05, 0.1) is 18.1 Å². The molecule has 0 spiro atoms.